The molecular formula is C26H22F4N2O4. The first-order chi connectivity index (χ1) is 17.1. The van der Waals surface area contributed by atoms with Crippen LogP contribution in [0.25, 0.3) is 0 Å². The SMILES string of the molecule is CC(=O)OC(C(=O)N(CCc1ccc(C(F)(F)F)cn1)c1ccc2c(c1)CCO2)c1ccc(F)cc1. The fourth-order valence-corrected chi connectivity index (χ4v) is 3.88. The zero-order valence-electron chi connectivity index (χ0n) is 19.2. The normalized spacial score (nSPS) is 13.5. The van der Waals surface area contributed by atoms with Crippen molar-refractivity contribution in [3.05, 3.63) is 89.0 Å². The van der Waals surface area contributed by atoms with Crippen molar-refractivity contribution < 1.29 is 36.6 Å². The second-order valence-corrected chi connectivity index (χ2v) is 8.21. The van der Waals surface area contributed by atoms with Crippen molar-refractivity contribution in [2.24, 2.45) is 0 Å². The first-order valence-electron chi connectivity index (χ1n) is 11.1. The highest BCUT2D eigenvalue weighted by Crippen LogP contribution is 2.32. The van der Waals surface area contributed by atoms with Crippen molar-refractivity contribution in [1.82, 2.24) is 4.98 Å². The molecule has 2 aromatic carbocycles. The quantitative estimate of drug-likeness (QED) is 0.334. The molecule has 0 N–H and O–H groups in total. The Morgan fingerprint density at radius 3 is 2.50 bits per heavy atom. The van der Waals surface area contributed by atoms with Crippen LogP contribution in [0.3, 0.4) is 0 Å². The molecule has 0 saturated carbocycles. The lowest BCUT2D eigenvalue weighted by Gasteiger charge is -2.28. The monoisotopic (exact) mass is 502 g/mol. The summed E-state index contributed by atoms with van der Waals surface area (Å²) in [5.41, 5.74) is 1.14. The smallest absolute Gasteiger partial charge is 0.417 e. The van der Waals surface area contributed by atoms with E-state index in [2.05, 4.69) is 4.98 Å². The number of alkyl halides is 3. The Balaban J connectivity index is 1.65. The van der Waals surface area contributed by atoms with E-state index in [1.165, 1.54) is 23.1 Å². The maximum absolute atomic E-state index is 13.7. The summed E-state index contributed by atoms with van der Waals surface area (Å²) in [7, 11) is 0. The fraction of sp³-hybridized carbons (Fsp3) is 0.269. The van der Waals surface area contributed by atoms with Crippen LogP contribution >= 0.6 is 0 Å². The van der Waals surface area contributed by atoms with Gasteiger partial charge in [-0.3, -0.25) is 14.6 Å². The van der Waals surface area contributed by atoms with Gasteiger partial charge in [0.2, 0.25) is 6.10 Å². The van der Waals surface area contributed by atoms with Crippen LogP contribution < -0.4 is 9.64 Å². The molecule has 188 valence electrons. The van der Waals surface area contributed by atoms with Gasteiger partial charge in [-0.1, -0.05) is 12.1 Å². The van der Waals surface area contributed by atoms with Gasteiger partial charge >= 0.3 is 12.1 Å². The average Bonchev–Trinajstić information content (AvgIpc) is 3.31. The van der Waals surface area contributed by atoms with Gasteiger partial charge in [0.15, 0.2) is 0 Å². The number of fused-ring (bicyclic) bond motifs is 1. The lowest BCUT2D eigenvalue weighted by atomic mass is 10.1. The van der Waals surface area contributed by atoms with E-state index in [0.29, 0.717) is 30.2 Å². The number of benzene rings is 2. The number of nitrogens with zero attached hydrogens (tertiary/aromatic N) is 2. The van der Waals surface area contributed by atoms with E-state index in [-0.39, 0.29) is 18.5 Å². The first kappa shape index (κ1) is 25.2. The predicted octanol–water partition coefficient (Wildman–Crippen LogP) is 5.05. The number of hydrogen-bond donors (Lipinski definition) is 0. The van der Waals surface area contributed by atoms with Gasteiger partial charge in [-0.05, 0) is 48.0 Å². The molecule has 10 heteroatoms. The van der Waals surface area contributed by atoms with Crippen molar-refractivity contribution in [1.29, 1.82) is 0 Å². The summed E-state index contributed by atoms with van der Waals surface area (Å²) in [6.07, 6.45) is -4.33. The summed E-state index contributed by atoms with van der Waals surface area (Å²) < 4.78 is 63.0. The summed E-state index contributed by atoms with van der Waals surface area (Å²) in [6, 6.07) is 12.4. The van der Waals surface area contributed by atoms with Gasteiger partial charge in [0.05, 0.1) is 12.2 Å². The Morgan fingerprint density at radius 2 is 1.86 bits per heavy atom. The molecular weight excluding hydrogens is 480 g/mol. The Labute approximate surface area is 204 Å². The maximum atomic E-state index is 13.7. The molecule has 3 aromatic rings. The molecule has 1 aliphatic rings. The molecule has 1 atom stereocenters. The molecule has 1 amide bonds. The second kappa shape index (κ2) is 10.3. The van der Waals surface area contributed by atoms with Crippen LogP contribution in [-0.4, -0.2) is 30.0 Å². The highest BCUT2D eigenvalue weighted by Gasteiger charge is 2.32. The topological polar surface area (TPSA) is 68.7 Å². The van der Waals surface area contributed by atoms with Crippen molar-refractivity contribution in [3.63, 3.8) is 0 Å². The first-order valence-corrected chi connectivity index (χ1v) is 11.1. The third-order valence-electron chi connectivity index (χ3n) is 5.68. The zero-order chi connectivity index (χ0) is 25.9. The van der Waals surface area contributed by atoms with Crippen LogP contribution in [0.5, 0.6) is 5.75 Å². The van der Waals surface area contributed by atoms with Crippen LogP contribution in [-0.2, 0) is 33.3 Å². The molecule has 0 spiro atoms. The van der Waals surface area contributed by atoms with E-state index in [4.69, 9.17) is 9.47 Å². The number of amides is 1. The molecule has 0 radical (unpaired) electrons. The third kappa shape index (κ3) is 5.81. The van der Waals surface area contributed by atoms with E-state index < -0.39 is 35.5 Å². The number of carbonyl (C=O) groups excluding carboxylic acids is 2. The third-order valence-corrected chi connectivity index (χ3v) is 5.68. The van der Waals surface area contributed by atoms with Crippen molar-refractivity contribution >= 4 is 17.6 Å². The molecule has 4 rings (SSSR count). The minimum Gasteiger partial charge on any atom is -0.493 e. The van der Waals surface area contributed by atoms with Gasteiger partial charge in [0.25, 0.3) is 5.91 Å². The number of halogens is 4. The van der Waals surface area contributed by atoms with Gasteiger partial charge in [0, 0.05) is 49.5 Å². The van der Waals surface area contributed by atoms with Crippen LogP contribution in [0.1, 0.15) is 35.4 Å². The fourth-order valence-electron chi connectivity index (χ4n) is 3.88. The zero-order valence-corrected chi connectivity index (χ0v) is 19.2. The van der Waals surface area contributed by atoms with E-state index in [0.717, 1.165) is 36.9 Å². The van der Waals surface area contributed by atoms with Crippen molar-refractivity contribution in [2.75, 3.05) is 18.1 Å². The maximum Gasteiger partial charge on any atom is 0.417 e. The van der Waals surface area contributed by atoms with Crippen LogP contribution in [0.2, 0.25) is 0 Å². The Bertz CT molecular complexity index is 1240. The van der Waals surface area contributed by atoms with Crippen molar-refractivity contribution in [3.8, 4) is 5.75 Å². The van der Waals surface area contributed by atoms with E-state index >= 15 is 0 Å². The molecule has 0 aliphatic carbocycles. The average molecular weight is 502 g/mol. The van der Waals surface area contributed by atoms with E-state index in [1.54, 1.807) is 18.2 Å². The standard InChI is InChI=1S/C26H22F4N2O4/c1-16(33)36-24(17-2-5-20(27)6-3-17)25(34)32(22-8-9-23-18(14-22)11-13-35-23)12-10-21-7-4-19(15-31-21)26(28,29)30/h2-9,14-15,24H,10-13H2,1H3. The number of aromatic nitrogens is 1. The van der Waals surface area contributed by atoms with Gasteiger partial charge < -0.3 is 14.4 Å². The van der Waals surface area contributed by atoms with Gasteiger partial charge in [0.1, 0.15) is 11.6 Å². The number of esters is 1. The summed E-state index contributed by atoms with van der Waals surface area (Å²) in [5, 5.41) is 0. The largest absolute Gasteiger partial charge is 0.493 e. The van der Waals surface area contributed by atoms with Crippen LogP contribution in [0.15, 0.2) is 60.8 Å². The number of carbonyl (C=O) groups is 2. The lowest BCUT2D eigenvalue weighted by Crippen LogP contribution is -2.38. The number of ether oxygens (including phenoxy) is 2. The molecule has 0 bridgehead atoms. The highest BCUT2D eigenvalue weighted by molar-refractivity contribution is 5.98. The molecule has 36 heavy (non-hydrogen) atoms. The summed E-state index contributed by atoms with van der Waals surface area (Å²) in [5.74, 6) is -1.12. The van der Waals surface area contributed by atoms with Gasteiger partial charge in [-0.2, -0.15) is 13.2 Å². The van der Waals surface area contributed by atoms with E-state index in [1.807, 2.05) is 0 Å². The van der Waals surface area contributed by atoms with E-state index in [9.17, 15) is 27.2 Å². The Morgan fingerprint density at radius 1 is 1.11 bits per heavy atom. The highest BCUT2D eigenvalue weighted by atomic mass is 19.4. The number of rotatable bonds is 7. The molecule has 1 aromatic heterocycles. The summed E-state index contributed by atoms with van der Waals surface area (Å²) in [4.78, 5) is 30.8. The number of anilines is 1. The minimum absolute atomic E-state index is 0.0375. The van der Waals surface area contributed by atoms with Crippen LogP contribution in [0.4, 0.5) is 23.2 Å². The molecule has 1 aliphatic heterocycles. The summed E-state index contributed by atoms with van der Waals surface area (Å²) >= 11 is 0. The Kier molecular flexibility index (Phi) is 7.23. The number of pyridine rings is 1. The van der Waals surface area contributed by atoms with Gasteiger partial charge in [-0.15, -0.1) is 0 Å². The van der Waals surface area contributed by atoms with Crippen molar-refractivity contribution in [2.45, 2.75) is 32.0 Å². The minimum atomic E-state index is -4.51. The second-order valence-electron chi connectivity index (χ2n) is 8.21. The molecule has 0 saturated heterocycles. The lowest BCUT2D eigenvalue weighted by molar-refractivity contribution is -0.153. The number of hydrogen-bond acceptors (Lipinski definition) is 5. The van der Waals surface area contributed by atoms with Gasteiger partial charge in [-0.25, -0.2) is 4.39 Å². The summed E-state index contributed by atoms with van der Waals surface area (Å²) in [6.45, 7) is 1.71. The Hall–Kier alpha value is -3.95. The van der Waals surface area contributed by atoms with Crippen LogP contribution in [0, 0.1) is 5.82 Å². The molecule has 0 fully saturated rings. The molecule has 6 nitrogen and oxygen atoms in total. The molecule has 2 heterocycles. The molecule has 1 unspecified atom stereocenters. The predicted molar refractivity (Wildman–Crippen MR) is 122 cm³/mol.